The Bertz CT molecular complexity index is 1150. The van der Waals surface area contributed by atoms with E-state index in [4.69, 9.17) is 4.74 Å². The van der Waals surface area contributed by atoms with Crippen molar-refractivity contribution < 1.29 is 19.4 Å². The molecule has 0 aliphatic carbocycles. The van der Waals surface area contributed by atoms with Crippen molar-refractivity contribution in [3.8, 4) is 0 Å². The first-order chi connectivity index (χ1) is 20.6. The second kappa shape index (κ2) is 15.5. The van der Waals surface area contributed by atoms with Crippen LogP contribution in [0.5, 0.6) is 0 Å². The summed E-state index contributed by atoms with van der Waals surface area (Å²) in [6, 6.07) is 18.0. The van der Waals surface area contributed by atoms with Gasteiger partial charge in [-0.1, -0.05) is 80.3 Å². The summed E-state index contributed by atoms with van der Waals surface area (Å²) in [6.07, 6.45) is 8.60. The molecule has 0 bridgehead atoms. The monoisotopic (exact) mass is 576 g/mol. The van der Waals surface area contributed by atoms with E-state index in [1.54, 1.807) is 0 Å². The molecule has 3 aliphatic heterocycles. The molecular weight excluding hydrogens is 528 g/mol. The standard InChI is InChI=1S/C34H48N4O4/c39-31(25-36-21-18-28-14-8-9-15-29(28)23-36)22-35-34(41)37-19-11-16-30(24-37)38-20-10-3-1-2-7-17-32(38)33(40)42-26-27-12-5-4-6-13-27/h4-6,8-9,12-15,30-32,39H,1-3,7,10-11,16-26H2,(H,35,41). The third-order valence-corrected chi connectivity index (χ3v) is 9.11. The number of carbonyl (C=O) groups is 2. The predicted octanol–water partition coefficient (Wildman–Crippen LogP) is 4.35. The van der Waals surface area contributed by atoms with Gasteiger partial charge in [0.15, 0.2) is 0 Å². The van der Waals surface area contributed by atoms with Gasteiger partial charge in [-0.2, -0.15) is 0 Å². The molecule has 42 heavy (non-hydrogen) atoms. The third kappa shape index (κ3) is 8.55. The maximum atomic E-state index is 13.4. The number of urea groups is 1. The first kappa shape index (κ1) is 30.5. The van der Waals surface area contributed by atoms with E-state index in [-0.39, 0.29) is 37.2 Å². The van der Waals surface area contributed by atoms with Crippen LogP contribution in [0.1, 0.15) is 68.1 Å². The van der Waals surface area contributed by atoms with Gasteiger partial charge >= 0.3 is 12.0 Å². The van der Waals surface area contributed by atoms with Crippen LogP contribution >= 0.6 is 0 Å². The van der Waals surface area contributed by atoms with Crippen molar-refractivity contribution in [2.24, 2.45) is 0 Å². The summed E-state index contributed by atoms with van der Waals surface area (Å²) in [4.78, 5) is 33.1. The lowest BCUT2D eigenvalue weighted by Gasteiger charge is -2.42. The first-order valence-corrected chi connectivity index (χ1v) is 16.0. The summed E-state index contributed by atoms with van der Waals surface area (Å²) in [5.41, 5.74) is 3.70. The van der Waals surface area contributed by atoms with Crippen LogP contribution in [0.15, 0.2) is 54.6 Å². The van der Waals surface area contributed by atoms with E-state index in [2.05, 4.69) is 39.4 Å². The Morgan fingerprint density at radius 3 is 2.50 bits per heavy atom. The molecule has 0 saturated carbocycles. The Kier molecular flexibility index (Phi) is 11.3. The molecule has 8 heteroatoms. The number of carbonyl (C=O) groups excluding carboxylic acids is 2. The summed E-state index contributed by atoms with van der Waals surface area (Å²) in [6.45, 7) is 4.94. The number of aliphatic hydroxyl groups excluding tert-OH is 1. The van der Waals surface area contributed by atoms with E-state index in [1.165, 1.54) is 24.0 Å². The molecule has 3 aliphatic rings. The Balaban J connectivity index is 1.14. The molecule has 0 spiro atoms. The molecular formula is C34H48N4O4. The number of likely N-dealkylation sites (tertiary alicyclic amines) is 1. The number of rotatable bonds is 8. The van der Waals surface area contributed by atoms with Gasteiger partial charge in [-0.25, -0.2) is 4.79 Å². The van der Waals surface area contributed by atoms with Gasteiger partial charge < -0.3 is 20.1 Å². The minimum absolute atomic E-state index is 0.121. The maximum Gasteiger partial charge on any atom is 0.323 e. The highest BCUT2D eigenvalue weighted by Gasteiger charge is 2.36. The van der Waals surface area contributed by atoms with E-state index in [0.717, 1.165) is 70.1 Å². The second-order valence-electron chi connectivity index (χ2n) is 12.2. The van der Waals surface area contributed by atoms with Gasteiger partial charge in [0.2, 0.25) is 0 Å². The third-order valence-electron chi connectivity index (χ3n) is 9.11. The zero-order valence-corrected chi connectivity index (χ0v) is 25.0. The van der Waals surface area contributed by atoms with Crippen LogP contribution < -0.4 is 5.32 Å². The van der Waals surface area contributed by atoms with Crippen molar-refractivity contribution >= 4 is 12.0 Å². The zero-order valence-electron chi connectivity index (χ0n) is 25.0. The van der Waals surface area contributed by atoms with Crippen LogP contribution in [0.3, 0.4) is 0 Å². The molecule has 2 aromatic carbocycles. The van der Waals surface area contributed by atoms with E-state index < -0.39 is 6.10 Å². The number of esters is 1. The van der Waals surface area contributed by atoms with Gasteiger partial charge in [-0.15, -0.1) is 0 Å². The molecule has 3 atom stereocenters. The minimum atomic E-state index is -0.623. The number of ether oxygens (including phenoxy) is 1. The smallest absolute Gasteiger partial charge is 0.323 e. The van der Waals surface area contributed by atoms with E-state index in [1.807, 2.05) is 35.2 Å². The van der Waals surface area contributed by atoms with E-state index >= 15 is 0 Å². The number of aliphatic hydroxyl groups is 1. The number of hydrogen-bond acceptors (Lipinski definition) is 6. The summed E-state index contributed by atoms with van der Waals surface area (Å²) in [5.74, 6) is -0.147. The number of β-amino-alcohol motifs (C(OH)–C–C–N with tert-alkyl or cyclic N) is 1. The lowest BCUT2D eigenvalue weighted by atomic mass is 9.99. The van der Waals surface area contributed by atoms with Crippen LogP contribution in [-0.4, -0.2) is 89.3 Å². The van der Waals surface area contributed by atoms with Crippen molar-refractivity contribution in [2.45, 2.75) is 89.1 Å². The molecule has 0 radical (unpaired) electrons. The molecule has 228 valence electrons. The number of benzene rings is 2. The molecule has 2 saturated heterocycles. The van der Waals surface area contributed by atoms with Gasteiger partial charge in [-0.3, -0.25) is 14.6 Å². The fraction of sp³-hybridized carbons (Fsp3) is 0.588. The van der Waals surface area contributed by atoms with Crippen LogP contribution in [0.4, 0.5) is 4.79 Å². The van der Waals surface area contributed by atoms with Gasteiger partial charge in [0.25, 0.3) is 0 Å². The molecule has 3 heterocycles. The predicted molar refractivity (Wildman–Crippen MR) is 164 cm³/mol. The van der Waals surface area contributed by atoms with Crippen molar-refractivity contribution in [3.05, 3.63) is 71.3 Å². The summed E-state index contributed by atoms with van der Waals surface area (Å²) in [5, 5.41) is 13.7. The highest BCUT2D eigenvalue weighted by Crippen LogP contribution is 2.25. The Labute approximate surface area is 251 Å². The van der Waals surface area contributed by atoms with Crippen molar-refractivity contribution in [2.75, 3.05) is 39.3 Å². The van der Waals surface area contributed by atoms with Gasteiger partial charge in [-0.05, 0) is 55.3 Å². The largest absolute Gasteiger partial charge is 0.460 e. The zero-order chi connectivity index (χ0) is 29.1. The fourth-order valence-corrected chi connectivity index (χ4v) is 6.80. The molecule has 2 N–H and O–H groups in total. The lowest BCUT2D eigenvalue weighted by Crippen LogP contribution is -2.57. The molecule has 8 nitrogen and oxygen atoms in total. The van der Waals surface area contributed by atoms with E-state index in [9.17, 15) is 14.7 Å². The Morgan fingerprint density at radius 1 is 0.881 bits per heavy atom. The molecule has 2 amide bonds. The van der Waals surface area contributed by atoms with Gasteiger partial charge in [0.05, 0.1) is 6.10 Å². The van der Waals surface area contributed by atoms with E-state index in [0.29, 0.717) is 19.6 Å². The molecule has 2 fully saturated rings. The highest BCUT2D eigenvalue weighted by atomic mass is 16.5. The minimum Gasteiger partial charge on any atom is -0.460 e. The number of amides is 2. The average Bonchev–Trinajstić information content (AvgIpc) is 3.15. The number of nitrogens with zero attached hydrogens (tertiary/aromatic N) is 3. The Morgan fingerprint density at radius 2 is 1.64 bits per heavy atom. The van der Waals surface area contributed by atoms with Gasteiger partial charge in [0, 0.05) is 45.3 Å². The number of fused-ring (bicyclic) bond motifs is 1. The average molecular weight is 577 g/mol. The summed E-state index contributed by atoms with van der Waals surface area (Å²) >= 11 is 0. The normalized spacial score (nSPS) is 23.1. The number of hydrogen-bond donors (Lipinski definition) is 2. The summed E-state index contributed by atoms with van der Waals surface area (Å²) < 4.78 is 5.84. The molecule has 5 rings (SSSR count). The molecule has 3 unspecified atom stereocenters. The maximum absolute atomic E-state index is 13.4. The quantitative estimate of drug-likeness (QED) is 0.455. The fourth-order valence-electron chi connectivity index (χ4n) is 6.80. The van der Waals surface area contributed by atoms with Crippen molar-refractivity contribution in [1.29, 1.82) is 0 Å². The lowest BCUT2D eigenvalue weighted by molar-refractivity contribution is -0.153. The van der Waals surface area contributed by atoms with Crippen LogP contribution in [-0.2, 0) is 29.1 Å². The van der Waals surface area contributed by atoms with Crippen LogP contribution in [0.25, 0.3) is 0 Å². The highest BCUT2D eigenvalue weighted by molar-refractivity contribution is 5.76. The summed E-state index contributed by atoms with van der Waals surface area (Å²) in [7, 11) is 0. The number of nitrogens with one attached hydrogen (secondary N) is 1. The first-order valence-electron chi connectivity index (χ1n) is 16.0. The topological polar surface area (TPSA) is 85.3 Å². The molecule has 2 aromatic rings. The van der Waals surface area contributed by atoms with Gasteiger partial charge in [0.1, 0.15) is 12.6 Å². The Hall–Kier alpha value is -2.94. The van der Waals surface area contributed by atoms with Crippen molar-refractivity contribution in [1.82, 2.24) is 20.0 Å². The SMILES string of the molecule is O=C(OCc1ccccc1)C1CCCCCCCN1C1CCCN(C(=O)NCC(O)CN2CCc3ccccc3C2)C1. The van der Waals surface area contributed by atoms with Crippen LogP contribution in [0.2, 0.25) is 0 Å². The van der Waals surface area contributed by atoms with Crippen molar-refractivity contribution in [3.63, 3.8) is 0 Å². The van der Waals surface area contributed by atoms with Crippen LogP contribution in [0, 0.1) is 0 Å². The molecule has 0 aromatic heterocycles. The number of piperidine rings is 1. The second-order valence-corrected chi connectivity index (χ2v) is 12.2.